The Bertz CT molecular complexity index is 937. The van der Waals surface area contributed by atoms with Crippen molar-refractivity contribution in [2.24, 2.45) is 11.0 Å². The second kappa shape index (κ2) is 9.56. The number of rotatable bonds is 4. The quantitative estimate of drug-likeness (QED) is 0.313. The summed E-state index contributed by atoms with van der Waals surface area (Å²) in [6.45, 7) is 3.15. The molecule has 6 nitrogen and oxygen atoms in total. The zero-order valence-corrected chi connectivity index (χ0v) is 18.5. The van der Waals surface area contributed by atoms with Gasteiger partial charge in [0.05, 0.1) is 29.2 Å². The lowest BCUT2D eigenvalue weighted by atomic mass is 9.97. The van der Waals surface area contributed by atoms with E-state index in [1.54, 1.807) is 6.07 Å². The third-order valence-corrected chi connectivity index (χ3v) is 6.48. The number of benzene rings is 1. The van der Waals surface area contributed by atoms with Crippen LogP contribution < -0.4 is 5.43 Å². The molecular weight excluding hydrogens is 430 g/mol. The SMILES string of the molecule is COC(=O)C1CCN(C(=S)NN=C(C)c2csc(-c3cccc(Cl)c3)c2O)CC1. The van der Waals surface area contributed by atoms with Gasteiger partial charge in [0.15, 0.2) is 5.11 Å². The first-order valence-corrected chi connectivity index (χ1v) is 10.8. The Morgan fingerprint density at radius 2 is 2.14 bits per heavy atom. The van der Waals surface area contributed by atoms with Gasteiger partial charge in [-0.3, -0.25) is 10.2 Å². The van der Waals surface area contributed by atoms with E-state index in [0.717, 1.165) is 10.4 Å². The van der Waals surface area contributed by atoms with Crippen molar-refractivity contribution >= 4 is 51.9 Å². The largest absolute Gasteiger partial charge is 0.506 e. The fraction of sp³-hybridized carbons (Fsp3) is 0.350. The van der Waals surface area contributed by atoms with Crippen molar-refractivity contribution in [3.05, 3.63) is 40.2 Å². The summed E-state index contributed by atoms with van der Waals surface area (Å²) in [5.41, 5.74) is 5.02. The molecule has 2 heterocycles. The van der Waals surface area contributed by atoms with Crippen LogP contribution in [0.25, 0.3) is 10.4 Å². The number of ether oxygens (including phenoxy) is 1. The summed E-state index contributed by atoms with van der Waals surface area (Å²) in [5.74, 6) is -0.0667. The fourth-order valence-electron chi connectivity index (χ4n) is 3.19. The fourth-order valence-corrected chi connectivity index (χ4v) is 4.61. The zero-order chi connectivity index (χ0) is 21.0. The average Bonchev–Trinajstić information content (AvgIpc) is 3.12. The summed E-state index contributed by atoms with van der Waals surface area (Å²) in [6, 6.07) is 7.36. The summed E-state index contributed by atoms with van der Waals surface area (Å²) in [5, 5.41) is 17.9. The van der Waals surface area contributed by atoms with E-state index < -0.39 is 0 Å². The molecule has 1 aliphatic rings. The van der Waals surface area contributed by atoms with E-state index >= 15 is 0 Å². The molecule has 0 unspecified atom stereocenters. The standard InChI is InChI=1S/C20H22ClN3O3S2/c1-12(16-11-29-18(17(16)25)14-4-3-5-15(21)10-14)22-23-20(28)24-8-6-13(7-9-24)19(26)27-2/h3-5,10-11,13,25H,6-9H2,1-2H3,(H,23,28). The van der Waals surface area contributed by atoms with Gasteiger partial charge in [0.25, 0.3) is 0 Å². The average molecular weight is 452 g/mol. The molecule has 0 atom stereocenters. The second-order valence-corrected chi connectivity index (χ2v) is 8.44. The van der Waals surface area contributed by atoms with Crippen LogP contribution in [0.5, 0.6) is 5.75 Å². The molecule has 2 N–H and O–H groups in total. The maximum absolute atomic E-state index is 11.6. The van der Waals surface area contributed by atoms with Crippen LogP contribution in [0, 0.1) is 5.92 Å². The number of thiocarbonyl (C=S) groups is 1. The van der Waals surface area contributed by atoms with Crippen LogP contribution in [0.2, 0.25) is 5.02 Å². The molecule has 1 aromatic carbocycles. The van der Waals surface area contributed by atoms with Gasteiger partial charge in [-0.05, 0) is 49.7 Å². The normalized spacial score (nSPS) is 15.3. The number of thiophene rings is 1. The smallest absolute Gasteiger partial charge is 0.308 e. The van der Waals surface area contributed by atoms with Crippen molar-refractivity contribution in [1.29, 1.82) is 0 Å². The molecule has 0 saturated carbocycles. The van der Waals surface area contributed by atoms with Gasteiger partial charge in [-0.15, -0.1) is 11.3 Å². The molecule has 0 radical (unpaired) electrons. The maximum atomic E-state index is 11.6. The van der Waals surface area contributed by atoms with Gasteiger partial charge >= 0.3 is 5.97 Å². The predicted octanol–water partition coefficient (Wildman–Crippen LogP) is 4.26. The number of hydrazone groups is 1. The van der Waals surface area contributed by atoms with Gasteiger partial charge < -0.3 is 14.7 Å². The molecule has 3 rings (SSSR count). The lowest BCUT2D eigenvalue weighted by Gasteiger charge is -2.31. The minimum atomic E-state index is -0.166. The van der Waals surface area contributed by atoms with Crippen LogP contribution in [-0.4, -0.2) is 47.0 Å². The van der Waals surface area contributed by atoms with Crippen LogP contribution in [0.1, 0.15) is 25.3 Å². The van der Waals surface area contributed by atoms with Crippen LogP contribution in [0.3, 0.4) is 0 Å². The summed E-state index contributed by atoms with van der Waals surface area (Å²) < 4.78 is 4.81. The predicted molar refractivity (Wildman–Crippen MR) is 121 cm³/mol. The van der Waals surface area contributed by atoms with Crippen LogP contribution in [-0.2, 0) is 9.53 Å². The number of methoxy groups -OCH3 is 1. The Balaban J connectivity index is 1.63. The molecule has 9 heteroatoms. The third kappa shape index (κ3) is 5.07. The number of carbonyl (C=O) groups is 1. The Kier molecular flexibility index (Phi) is 7.10. The van der Waals surface area contributed by atoms with Crippen molar-refractivity contribution in [2.75, 3.05) is 20.2 Å². The van der Waals surface area contributed by atoms with Crippen molar-refractivity contribution in [2.45, 2.75) is 19.8 Å². The molecule has 1 aliphatic heterocycles. The Labute approximate surface area is 184 Å². The Hall–Kier alpha value is -2.16. The van der Waals surface area contributed by atoms with E-state index in [0.29, 0.717) is 47.3 Å². The van der Waals surface area contributed by atoms with Gasteiger partial charge in [0.1, 0.15) is 5.75 Å². The lowest BCUT2D eigenvalue weighted by molar-refractivity contribution is -0.146. The minimum absolute atomic E-state index is 0.0723. The molecule has 2 aromatic rings. The summed E-state index contributed by atoms with van der Waals surface area (Å²) in [4.78, 5) is 14.4. The Morgan fingerprint density at radius 3 is 2.79 bits per heavy atom. The molecule has 0 spiro atoms. The highest BCUT2D eigenvalue weighted by Crippen LogP contribution is 2.39. The number of aromatic hydroxyl groups is 1. The van der Waals surface area contributed by atoms with Gasteiger partial charge in [0.2, 0.25) is 0 Å². The first-order valence-electron chi connectivity index (χ1n) is 9.14. The number of nitrogens with zero attached hydrogens (tertiary/aromatic N) is 2. The maximum Gasteiger partial charge on any atom is 0.308 e. The van der Waals surface area contributed by atoms with Gasteiger partial charge in [-0.2, -0.15) is 5.10 Å². The second-order valence-electron chi connectivity index (χ2n) is 6.74. The van der Waals surface area contributed by atoms with Gasteiger partial charge in [0, 0.05) is 23.5 Å². The van der Waals surface area contributed by atoms with Crippen molar-refractivity contribution in [1.82, 2.24) is 10.3 Å². The molecular formula is C20H22ClN3O3S2. The van der Waals surface area contributed by atoms with E-state index in [-0.39, 0.29) is 17.6 Å². The minimum Gasteiger partial charge on any atom is -0.506 e. The van der Waals surface area contributed by atoms with E-state index in [4.69, 9.17) is 28.6 Å². The number of nitrogens with one attached hydrogen (secondary N) is 1. The number of likely N-dealkylation sites (tertiary alicyclic amines) is 1. The van der Waals surface area contributed by atoms with Crippen LogP contribution in [0.4, 0.5) is 0 Å². The molecule has 29 heavy (non-hydrogen) atoms. The summed E-state index contributed by atoms with van der Waals surface area (Å²) in [6.07, 6.45) is 1.40. The summed E-state index contributed by atoms with van der Waals surface area (Å²) in [7, 11) is 1.41. The monoisotopic (exact) mass is 451 g/mol. The first-order chi connectivity index (χ1) is 13.9. The van der Waals surface area contributed by atoms with E-state index in [2.05, 4.69) is 10.5 Å². The van der Waals surface area contributed by atoms with Crippen LogP contribution >= 0.6 is 35.2 Å². The van der Waals surface area contributed by atoms with Gasteiger partial charge in [-0.25, -0.2) is 0 Å². The first kappa shape index (κ1) is 21.5. The molecule has 1 aromatic heterocycles. The van der Waals surface area contributed by atoms with Crippen LogP contribution in [0.15, 0.2) is 34.7 Å². The van der Waals surface area contributed by atoms with Crippen molar-refractivity contribution in [3.8, 4) is 16.2 Å². The van der Waals surface area contributed by atoms with Crippen molar-refractivity contribution in [3.63, 3.8) is 0 Å². The number of halogens is 1. The Morgan fingerprint density at radius 1 is 1.41 bits per heavy atom. The van der Waals surface area contributed by atoms with Crippen molar-refractivity contribution < 1.29 is 14.6 Å². The molecule has 154 valence electrons. The number of hydrogen-bond donors (Lipinski definition) is 2. The molecule has 0 bridgehead atoms. The number of hydrogen-bond acceptors (Lipinski definition) is 6. The number of piperidine rings is 1. The lowest BCUT2D eigenvalue weighted by Crippen LogP contribution is -2.44. The van der Waals surface area contributed by atoms with E-state index in [1.165, 1.54) is 18.4 Å². The number of esters is 1. The third-order valence-electron chi connectivity index (χ3n) is 4.88. The highest BCUT2D eigenvalue weighted by Gasteiger charge is 2.26. The molecule has 1 fully saturated rings. The van der Waals surface area contributed by atoms with E-state index in [9.17, 15) is 9.90 Å². The van der Waals surface area contributed by atoms with E-state index in [1.807, 2.05) is 35.4 Å². The topological polar surface area (TPSA) is 74.2 Å². The zero-order valence-electron chi connectivity index (χ0n) is 16.1. The molecule has 0 aliphatic carbocycles. The highest BCUT2D eigenvalue weighted by molar-refractivity contribution is 7.80. The highest BCUT2D eigenvalue weighted by atomic mass is 35.5. The molecule has 1 saturated heterocycles. The molecule has 0 amide bonds. The van der Waals surface area contributed by atoms with Gasteiger partial charge in [-0.1, -0.05) is 23.7 Å². The number of carbonyl (C=O) groups excluding carboxylic acids is 1. The summed E-state index contributed by atoms with van der Waals surface area (Å²) >= 11 is 12.9.